The van der Waals surface area contributed by atoms with Gasteiger partial charge in [0.05, 0.1) is 5.56 Å². The summed E-state index contributed by atoms with van der Waals surface area (Å²) in [5.41, 5.74) is 7.80. The summed E-state index contributed by atoms with van der Waals surface area (Å²) in [6.07, 6.45) is 0. The molecule has 0 aliphatic rings. The molecular weight excluding hydrogens is 323 g/mol. The molecule has 0 radical (unpaired) electrons. The van der Waals surface area contributed by atoms with Crippen molar-refractivity contribution in [1.29, 1.82) is 0 Å². The number of nitrogens with two attached hydrogens (primary N) is 1. The Morgan fingerprint density at radius 2 is 2.00 bits per heavy atom. The topological polar surface area (TPSA) is 46.3 Å². The van der Waals surface area contributed by atoms with Gasteiger partial charge in [0, 0.05) is 23.8 Å². The Balaban J connectivity index is 2.19. The number of hydrogen-bond acceptors (Lipinski definition) is 2. The number of amides is 1. The van der Waals surface area contributed by atoms with E-state index in [1.807, 2.05) is 18.2 Å². The zero-order valence-corrected chi connectivity index (χ0v) is 12.5. The van der Waals surface area contributed by atoms with Crippen LogP contribution in [0.2, 0.25) is 0 Å². The summed E-state index contributed by atoms with van der Waals surface area (Å²) in [6.45, 7) is 0.398. The van der Waals surface area contributed by atoms with E-state index in [0.29, 0.717) is 22.3 Å². The molecule has 0 aliphatic carbocycles. The average Bonchev–Trinajstić information content (AvgIpc) is 2.40. The van der Waals surface area contributed by atoms with Gasteiger partial charge in [-0.2, -0.15) is 0 Å². The summed E-state index contributed by atoms with van der Waals surface area (Å²) in [7, 11) is 1.69. The Labute approximate surface area is 125 Å². The maximum Gasteiger partial charge on any atom is 0.255 e. The molecular formula is C15H14BrFN2O. The van der Waals surface area contributed by atoms with Gasteiger partial charge in [-0.25, -0.2) is 4.39 Å². The highest BCUT2D eigenvalue weighted by atomic mass is 79.9. The smallest absolute Gasteiger partial charge is 0.255 e. The van der Waals surface area contributed by atoms with Crippen LogP contribution in [0.3, 0.4) is 0 Å². The van der Waals surface area contributed by atoms with Gasteiger partial charge in [0.2, 0.25) is 0 Å². The summed E-state index contributed by atoms with van der Waals surface area (Å²) in [5.74, 6) is -0.580. The van der Waals surface area contributed by atoms with Crippen LogP contribution in [0.4, 0.5) is 10.1 Å². The quantitative estimate of drug-likeness (QED) is 0.872. The summed E-state index contributed by atoms with van der Waals surface area (Å²) in [6, 6.07) is 11.4. The maximum atomic E-state index is 13.0. The number of anilines is 1. The van der Waals surface area contributed by atoms with Crippen LogP contribution >= 0.6 is 15.9 Å². The normalized spacial score (nSPS) is 10.3. The molecule has 0 fully saturated rings. The van der Waals surface area contributed by atoms with Crippen molar-refractivity contribution in [3.05, 3.63) is 63.9 Å². The van der Waals surface area contributed by atoms with Crippen LogP contribution in [0.25, 0.3) is 0 Å². The van der Waals surface area contributed by atoms with Crippen LogP contribution in [-0.2, 0) is 6.54 Å². The van der Waals surface area contributed by atoms with Gasteiger partial charge in [-0.3, -0.25) is 4.79 Å². The van der Waals surface area contributed by atoms with Gasteiger partial charge in [-0.15, -0.1) is 0 Å². The molecule has 3 nitrogen and oxygen atoms in total. The molecule has 0 unspecified atom stereocenters. The number of carbonyl (C=O) groups excluding carboxylic acids is 1. The fourth-order valence-electron chi connectivity index (χ4n) is 1.87. The molecule has 2 aromatic carbocycles. The fourth-order valence-corrected chi connectivity index (χ4v) is 2.39. The Hall–Kier alpha value is -1.88. The van der Waals surface area contributed by atoms with Crippen molar-refractivity contribution in [2.75, 3.05) is 12.8 Å². The lowest BCUT2D eigenvalue weighted by Gasteiger charge is -2.19. The van der Waals surface area contributed by atoms with Gasteiger partial charge >= 0.3 is 0 Å². The molecule has 2 aromatic rings. The molecule has 0 bridgehead atoms. The van der Waals surface area contributed by atoms with Gasteiger partial charge in [-0.1, -0.05) is 18.2 Å². The number of nitrogen functional groups attached to an aromatic ring is 1. The van der Waals surface area contributed by atoms with Crippen LogP contribution in [0.15, 0.2) is 46.9 Å². The average molecular weight is 337 g/mol. The fraction of sp³-hybridized carbons (Fsp3) is 0.133. The number of nitrogens with zero attached hydrogens (tertiary/aromatic N) is 1. The van der Waals surface area contributed by atoms with Crippen LogP contribution < -0.4 is 5.73 Å². The van der Waals surface area contributed by atoms with Crippen molar-refractivity contribution >= 4 is 27.5 Å². The van der Waals surface area contributed by atoms with Crippen molar-refractivity contribution in [1.82, 2.24) is 4.90 Å². The number of carbonyl (C=O) groups is 1. The lowest BCUT2D eigenvalue weighted by Crippen LogP contribution is -2.27. The minimum Gasteiger partial charge on any atom is -0.398 e. The Morgan fingerprint density at radius 1 is 1.30 bits per heavy atom. The number of rotatable bonds is 3. The number of hydrogen-bond donors (Lipinski definition) is 1. The Morgan fingerprint density at radius 3 is 2.65 bits per heavy atom. The van der Waals surface area contributed by atoms with E-state index < -0.39 is 0 Å². The van der Waals surface area contributed by atoms with E-state index in [2.05, 4.69) is 15.9 Å². The first-order valence-electron chi connectivity index (χ1n) is 6.03. The summed E-state index contributed by atoms with van der Waals surface area (Å²) < 4.78 is 13.5. The maximum absolute atomic E-state index is 13.0. The highest BCUT2D eigenvalue weighted by molar-refractivity contribution is 9.10. The van der Waals surface area contributed by atoms with Crippen molar-refractivity contribution in [3.63, 3.8) is 0 Å². The molecule has 0 heterocycles. The zero-order chi connectivity index (χ0) is 14.7. The molecule has 0 saturated carbocycles. The number of para-hydroxylation sites is 1. The highest BCUT2D eigenvalue weighted by Gasteiger charge is 2.16. The van der Waals surface area contributed by atoms with Crippen molar-refractivity contribution in [2.24, 2.45) is 0 Å². The van der Waals surface area contributed by atoms with Gasteiger partial charge in [0.1, 0.15) is 5.82 Å². The molecule has 2 rings (SSSR count). The molecule has 2 N–H and O–H groups in total. The predicted octanol–water partition coefficient (Wildman–Crippen LogP) is 3.44. The summed E-state index contributed by atoms with van der Waals surface area (Å²) in [4.78, 5) is 13.9. The molecule has 104 valence electrons. The second-order valence-corrected chi connectivity index (χ2v) is 5.34. The third kappa shape index (κ3) is 3.17. The molecule has 0 atom stereocenters. The first-order valence-corrected chi connectivity index (χ1v) is 6.82. The Kier molecular flexibility index (Phi) is 4.39. The third-order valence-electron chi connectivity index (χ3n) is 2.97. The first-order chi connectivity index (χ1) is 9.49. The standard InChI is InChI=1S/C15H14BrFN2O/c1-19(9-10-4-2-3-5-14(10)18)15(20)12-7-6-11(17)8-13(12)16/h2-8H,9,18H2,1H3. The summed E-state index contributed by atoms with van der Waals surface area (Å²) >= 11 is 3.20. The second-order valence-electron chi connectivity index (χ2n) is 4.48. The molecule has 1 amide bonds. The largest absolute Gasteiger partial charge is 0.398 e. The molecule has 5 heteroatoms. The molecule has 0 saturated heterocycles. The van der Waals surface area contributed by atoms with E-state index >= 15 is 0 Å². The highest BCUT2D eigenvalue weighted by Crippen LogP contribution is 2.21. The summed E-state index contributed by atoms with van der Waals surface area (Å²) in [5, 5.41) is 0. The minimum absolute atomic E-state index is 0.194. The molecule has 0 spiro atoms. The van der Waals surface area contributed by atoms with E-state index in [1.165, 1.54) is 18.2 Å². The minimum atomic E-state index is -0.386. The molecule has 0 aliphatic heterocycles. The Bertz CT molecular complexity index is 646. The lowest BCUT2D eigenvalue weighted by molar-refractivity contribution is 0.0784. The monoisotopic (exact) mass is 336 g/mol. The number of benzene rings is 2. The van der Waals surface area contributed by atoms with Crippen molar-refractivity contribution in [2.45, 2.75) is 6.54 Å². The third-order valence-corrected chi connectivity index (χ3v) is 3.63. The van der Waals surface area contributed by atoms with Crippen LogP contribution in [0, 0.1) is 5.82 Å². The van der Waals surface area contributed by atoms with Gasteiger partial charge in [-0.05, 0) is 45.8 Å². The van der Waals surface area contributed by atoms with Crippen molar-refractivity contribution < 1.29 is 9.18 Å². The molecule has 20 heavy (non-hydrogen) atoms. The van der Waals surface area contributed by atoms with Gasteiger partial charge in [0.25, 0.3) is 5.91 Å². The van der Waals surface area contributed by atoms with E-state index in [-0.39, 0.29) is 11.7 Å². The zero-order valence-electron chi connectivity index (χ0n) is 10.9. The predicted molar refractivity (Wildman–Crippen MR) is 80.8 cm³/mol. The van der Waals surface area contributed by atoms with Gasteiger partial charge < -0.3 is 10.6 Å². The second kappa shape index (κ2) is 6.05. The van der Waals surface area contributed by atoms with E-state index in [0.717, 1.165) is 5.56 Å². The number of halogens is 2. The molecule has 0 aromatic heterocycles. The van der Waals surface area contributed by atoms with E-state index in [9.17, 15) is 9.18 Å². The van der Waals surface area contributed by atoms with Crippen LogP contribution in [-0.4, -0.2) is 17.9 Å². The van der Waals surface area contributed by atoms with Crippen molar-refractivity contribution in [3.8, 4) is 0 Å². The lowest BCUT2D eigenvalue weighted by atomic mass is 10.1. The van der Waals surface area contributed by atoms with Crippen LogP contribution in [0.1, 0.15) is 15.9 Å². The van der Waals surface area contributed by atoms with E-state index in [1.54, 1.807) is 18.0 Å². The van der Waals surface area contributed by atoms with E-state index in [4.69, 9.17) is 5.73 Å². The first kappa shape index (κ1) is 14.5. The SMILES string of the molecule is CN(Cc1ccccc1N)C(=O)c1ccc(F)cc1Br. The van der Waals surface area contributed by atoms with Crippen LogP contribution in [0.5, 0.6) is 0 Å². The van der Waals surface area contributed by atoms with Gasteiger partial charge in [0.15, 0.2) is 0 Å².